The summed E-state index contributed by atoms with van der Waals surface area (Å²) in [5.74, 6) is -1.03. The van der Waals surface area contributed by atoms with Crippen LogP contribution < -0.4 is 0 Å². The van der Waals surface area contributed by atoms with Crippen LogP contribution in [0.15, 0.2) is 134 Å². The highest BCUT2D eigenvalue weighted by atomic mass is 16.6. The topological polar surface area (TPSA) is 78.9 Å². The summed E-state index contributed by atoms with van der Waals surface area (Å²) in [7, 11) is 0. The van der Waals surface area contributed by atoms with E-state index in [1.807, 2.05) is 6.08 Å². The number of hydrogen-bond acceptors (Lipinski definition) is 6. The van der Waals surface area contributed by atoms with Gasteiger partial charge in [0.1, 0.15) is 13.2 Å². The zero-order valence-electron chi connectivity index (χ0n) is 48.5. The zero-order valence-corrected chi connectivity index (χ0v) is 48.5. The van der Waals surface area contributed by atoms with Crippen molar-refractivity contribution in [3.63, 3.8) is 0 Å². The predicted octanol–water partition coefficient (Wildman–Crippen LogP) is 21.0. The fraction of sp³-hybridized carbons (Fsp3) is 0.638. The van der Waals surface area contributed by atoms with Gasteiger partial charge in [-0.1, -0.05) is 257 Å². The van der Waals surface area contributed by atoms with Crippen LogP contribution in [-0.4, -0.2) is 37.2 Å². The van der Waals surface area contributed by atoms with Crippen molar-refractivity contribution in [2.75, 3.05) is 13.2 Å². The number of rotatable bonds is 54. The zero-order chi connectivity index (χ0) is 54.3. The summed E-state index contributed by atoms with van der Waals surface area (Å²) in [6.45, 7) is 6.33. The molecule has 6 heteroatoms. The van der Waals surface area contributed by atoms with E-state index in [4.69, 9.17) is 14.2 Å². The lowest BCUT2D eigenvalue weighted by Gasteiger charge is -2.18. The largest absolute Gasteiger partial charge is 0.462 e. The Hall–Kier alpha value is -4.45. The van der Waals surface area contributed by atoms with Gasteiger partial charge in [-0.05, 0) is 122 Å². The van der Waals surface area contributed by atoms with Gasteiger partial charge in [0.15, 0.2) is 6.10 Å². The SMILES string of the molecule is CC/C=C\C/C=C\C/C=C\C/C=C\C/C=C\C/C=C\CCC(=O)OC[C@H](COC(=O)CCCCCC/C=C\C/C=C\C/C=C\C/C=C\CC)OC(=O)CCCCCCCCCCCCC/C=C\CCCCCCCC. The van der Waals surface area contributed by atoms with Gasteiger partial charge < -0.3 is 14.2 Å². The Balaban J connectivity index is 4.53. The van der Waals surface area contributed by atoms with E-state index in [9.17, 15) is 14.4 Å². The van der Waals surface area contributed by atoms with Crippen LogP contribution in [0.25, 0.3) is 0 Å². The van der Waals surface area contributed by atoms with Crippen LogP contribution in [0.2, 0.25) is 0 Å². The average Bonchev–Trinajstić information content (AvgIpc) is 3.41. The quantitative estimate of drug-likeness (QED) is 0.0261. The highest BCUT2D eigenvalue weighted by Gasteiger charge is 2.19. The summed E-state index contributed by atoms with van der Waals surface area (Å²) in [4.78, 5) is 38.3. The highest BCUT2D eigenvalue weighted by Crippen LogP contribution is 2.15. The molecule has 0 N–H and O–H groups in total. The summed E-state index contributed by atoms with van der Waals surface area (Å²) in [5, 5.41) is 0. The van der Waals surface area contributed by atoms with E-state index in [1.54, 1.807) is 0 Å². The predicted molar refractivity (Wildman–Crippen MR) is 325 cm³/mol. The Morgan fingerprint density at radius 2 is 0.547 bits per heavy atom. The second-order valence-corrected chi connectivity index (χ2v) is 19.8. The molecular weight excluding hydrogens is 925 g/mol. The fourth-order valence-electron chi connectivity index (χ4n) is 8.10. The van der Waals surface area contributed by atoms with E-state index in [2.05, 4.69) is 148 Å². The number of ether oxygens (including phenoxy) is 3. The van der Waals surface area contributed by atoms with Crippen molar-refractivity contribution < 1.29 is 28.6 Å². The van der Waals surface area contributed by atoms with Crippen molar-refractivity contribution in [1.29, 1.82) is 0 Å². The van der Waals surface area contributed by atoms with Gasteiger partial charge in [0, 0.05) is 19.3 Å². The van der Waals surface area contributed by atoms with Gasteiger partial charge in [-0.25, -0.2) is 0 Å². The molecule has 0 heterocycles. The molecule has 0 saturated heterocycles. The third-order valence-corrected chi connectivity index (χ3v) is 12.6. The molecule has 0 bridgehead atoms. The molecule has 0 aromatic rings. The summed E-state index contributed by atoms with van der Waals surface area (Å²) >= 11 is 0. The molecule has 0 rings (SSSR count). The average molecular weight is 1040 g/mol. The van der Waals surface area contributed by atoms with E-state index in [1.165, 1.54) is 103 Å². The fourth-order valence-corrected chi connectivity index (χ4v) is 8.10. The van der Waals surface area contributed by atoms with Crippen LogP contribution in [0, 0.1) is 0 Å². The second kappa shape index (κ2) is 62.1. The van der Waals surface area contributed by atoms with Crippen molar-refractivity contribution in [2.45, 2.75) is 271 Å². The minimum atomic E-state index is -0.825. The number of carbonyl (C=O) groups excluding carboxylic acids is 3. The van der Waals surface area contributed by atoms with E-state index >= 15 is 0 Å². The molecule has 75 heavy (non-hydrogen) atoms. The van der Waals surface area contributed by atoms with Gasteiger partial charge in [0.2, 0.25) is 0 Å². The van der Waals surface area contributed by atoms with Crippen LogP contribution in [-0.2, 0) is 28.6 Å². The van der Waals surface area contributed by atoms with E-state index < -0.39 is 6.10 Å². The van der Waals surface area contributed by atoms with Gasteiger partial charge in [-0.3, -0.25) is 14.4 Å². The molecule has 0 radical (unpaired) electrons. The molecule has 424 valence electrons. The van der Waals surface area contributed by atoms with Crippen LogP contribution >= 0.6 is 0 Å². The second-order valence-electron chi connectivity index (χ2n) is 19.8. The van der Waals surface area contributed by atoms with Crippen LogP contribution in [0.3, 0.4) is 0 Å². The van der Waals surface area contributed by atoms with E-state index in [0.717, 1.165) is 116 Å². The summed E-state index contributed by atoms with van der Waals surface area (Å²) in [5.41, 5.74) is 0. The third-order valence-electron chi connectivity index (χ3n) is 12.6. The van der Waals surface area contributed by atoms with E-state index in [-0.39, 0.29) is 37.5 Å². The van der Waals surface area contributed by atoms with Gasteiger partial charge in [0.05, 0.1) is 0 Å². The number of allylic oxidation sites excluding steroid dienone is 22. The minimum Gasteiger partial charge on any atom is -0.462 e. The number of esters is 3. The molecule has 0 spiro atoms. The monoisotopic (exact) mass is 1040 g/mol. The Morgan fingerprint density at radius 1 is 0.280 bits per heavy atom. The Kier molecular flexibility index (Phi) is 58.4. The van der Waals surface area contributed by atoms with Crippen LogP contribution in [0.1, 0.15) is 265 Å². The van der Waals surface area contributed by atoms with Crippen molar-refractivity contribution in [3.05, 3.63) is 134 Å². The van der Waals surface area contributed by atoms with Crippen molar-refractivity contribution >= 4 is 17.9 Å². The number of hydrogen-bond donors (Lipinski definition) is 0. The number of unbranched alkanes of at least 4 members (excludes halogenated alkanes) is 21. The van der Waals surface area contributed by atoms with E-state index in [0.29, 0.717) is 19.3 Å². The van der Waals surface area contributed by atoms with Crippen molar-refractivity contribution in [3.8, 4) is 0 Å². The molecule has 1 atom stereocenters. The minimum absolute atomic E-state index is 0.118. The standard InChI is InChI=1S/C69H112O6/c1-4-7-10-13-16-19-22-25-28-31-33-34-36-39-42-45-48-51-54-57-60-63-69(72)75-66(64-73-67(70)61-58-55-52-49-46-43-40-37-30-27-24-21-18-15-12-9-6-3)65-74-68(71)62-59-56-53-50-47-44-41-38-35-32-29-26-23-20-17-14-11-8-5-2/h8-9,11-12,17-18,20-21,25-30,35,38,40,43-44,47,53,56,66H,4-7,10,13-16,19,22-24,31-34,36-37,39,41-42,45-46,48-52,54-55,57-65H2,1-3H3/b11-8-,12-9-,20-17-,21-18-,28-25-,29-26-,30-27-,38-35-,43-40-,47-44-,56-53-/t66-/m0/s1. The maximum atomic E-state index is 12.9. The Labute approximate surface area is 462 Å². The molecule has 0 fully saturated rings. The number of carbonyl (C=O) groups is 3. The molecular formula is C69H112O6. The first-order valence-electron chi connectivity index (χ1n) is 30.7. The summed E-state index contributed by atoms with van der Waals surface area (Å²) in [6, 6.07) is 0. The van der Waals surface area contributed by atoms with Crippen LogP contribution in [0.4, 0.5) is 0 Å². The lowest BCUT2D eigenvalue weighted by molar-refractivity contribution is -0.166. The third kappa shape index (κ3) is 60.3. The van der Waals surface area contributed by atoms with Crippen molar-refractivity contribution in [1.82, 2.24) is 0 Å². The van der Waals surface area contributed by atoms with Gasteiger partial charge in [-0.2, -0.15) is 0 Å². The first-order chi connectivity index (χ1) is 37.0. The van der Waals surface area contributed by atoms with Gasteiger partial charge in [0.25, 0.3) is 0 Å². The smallest absolute Gasteiger partial charge is 0.306 e. The normalized spacial score (nSPS) is 13.1. The molecule has 0 aliphatic heterocycles. The summed E-state index contributed by atoms with van der Waals surface area (Å²) in [6.07, 6.45) is 87.5. The maximum Gasteiger partial charge on any atom is 0.306 e. The maximum absolute atomic E-state index is 12.9. The molecule has 0 aliphatic rings. The molecule has 0 aliphatic carbocycles. The lowest BCUT2D eigenvalue weighted by Crippen LogP contribution is -2.30. The summed E-state index contributed by atoms with van der Waals surface area (Å²) < 4.78 is 16.8. The Bertz CT molecular complexity index is 1620. The Morgan fingerprint density at radius 3 is 0.907 bits per heavy atom. The van der Waals surface area contributed by atoms with Crippen LogP contribution in [0.5, 0.6) is 0 Å². The van der Waals surface area contributed by atoms with Crippen molar-refractivity contribution in [2.24, 2.45) is 0 Å². The molecule has 0 aromatic heterocycles. The molecule has 6 nitrogen and oxygen atoms in total. The molecule has 0 saturated carbocycles. The first-order valence-corrected chi connectivity index (χ1v) is 30.7. The molecule has 0 unspecified atom stereocenters. The van der Waals surface area contributed by atoms with Gasteiger partial charge in [-0.15, -0.1) is 0 Å². The van der Waals surface area contributed by atoms with Gasteiger partial charge >= 0.3 is 17.9 Å². The molecule has 0 aromatic carbocycles. The highest BCUT2D eigenvalue weighted by molar-refractivity contribution is 5.71. The lowest BCUT2D eigenvalue weighted by atomic mass is 10.0. The first kappa shape index (κ1) is 70.5. The molecule has 0 amide bonds.